The number of para-hydroxylation sites is 2. The molecule has 8 heteroatoms. The van der Waals surface area contributed by atoms with Crippen molar-refractivity contribution in [3.05, 3.63) is 64.8 Å². The minimum Gasteiger partial charge on any atom is -0.366 e. The minimum atomic E-state index is -0.375. The van der Waals surface area contributed by atoms with Gasteiger partial charge in [0.15, 0.2) is 5.17 Å². The number of carbonyl (C=O) groups is 2. The van der Waals surface area contributed by atoms with Gasteiger partial charge in [-0.1, -0.05) is 30.3 Å². The molecule has 3 aliphatic heterocycles. The van der Waals surface area contributed by atoms with E-state index in [-0.39, 0.29) is 17.6 Å². The average molecular weight is 422 g/mol. The maximum Gasteiger partial charge on any atom is 0.287 e. The first-order valence-corrected chi connectivity index (χ1v) is 10.5. The number of thioether (sulfide) groups is 1. The molecule has 2 aromatic carbocycles. The topological polar surface area (TPSA) is 56.2 Å². The highest BCUT2D eigenvalue weighted by atomic mass is 32.2. The Labute approximate surface area is 177 Å². The number of hydrogen-bond acceptors (Lipinski definition) is 5. The molecule has 30 heavy (non-hydrogen) atoms. The third-order valence-corrected chi connectivity index (χ3v) is 6.72. The van der Waals surface area contributed by atoms with Gasteiger partial charge in [0, 0.05) is 38.8 Å². The number of nitrogens with zero attached hydrogens (tertiary/aromatic N) is 4. The Morgan fingerprint density at radius 1 is 0.900 bits per heavy atom. The number of rotatable bonds is 1. The number of likely N-dealkylation sites (N-methyl/N-ethyl adjacent to an activating group) is 1. The summed E-state index contributed by atoms with van der Waals surface area (Å²) in [5.74, 6) is -0.795. The Morgan fingerprint density at radius 2 is 1.53 bits per heavy atom. The molecule has 152 valence electrons. The van der Waals surface area contributed by atoms with Crippen LogP contribution in [0.1, 0.15) is 5.56 Å². The number of benzene rings is 2. The van der Waals surface area contributed by atoms with Gasteiger partial charge in [-0.3, -0.25) is 9.59 Å². The normalized spacial score (nSPS) is 21.4. The summed E-state index contributed by atoms with van der Waals surface area (Å²) in [6.45, 7) is 2.51. The van der Waals surface area contributed by atoms with Crippen LogP contribution in [0.4, 0.5) is 15.8 Å². The zero-order valence-corrected chi connectivity index (χ0v) is 17.2. The van der Waals surface area contributed by atoms with E-state index in [4.69, 9.17) is 0 Å². The summed E-state index contributed by atoms with van der Waals surface area (Å²) in [6.07, 6.45) is 0. The third-order valence-electron chi connectivity index (χ3n) is 5.61. The maximum absolute atomic E-state index is 14.1. The molecule has 3 aliphatic rings. The van der Waals surface area contributed by atoms with Gasteiger partial charge >= 0.3 is 0 Å². The summed E-state index contributed by atoms with van der Waals surface area (Å²) in [6, 6.07) is 14.2. The van der Waals surface area contributed by atoms with E-state index in [1.54, 1.807) is 24.1 Å². The summed E-state index contributed by atoms with van der Waals surface area (Å²) in [5.41, 5.74) is 2.58. The molecule has 0 bridgehead atoms. The maximum atomic E-state index is 14.1. The van der Waals surface area contributed by atoms with E-state index in [0.717, 1.165) is 11.3 Å². The van der Waals surface area contributed by atoms with Crippen LogP contribution < -0.4 is 9.80 Å². The summed E-state index contributed by atoms with van der Waals surface area (Å²) in [7, 11) is 1.71. The molecule has 0 unspecified atom stereocenters. The van der Waals surface area contributed by atoms with Crippen molar-refractivity contribution in [3.8, 4) is 0 Å². The monoisotopic (exact) mass is 422 g/mol. The Morgan fingerprint density at radius 3 is 2.27 bits per heavy atom. The molecule has 0 atom stereocenters. The number of amidine groups is 1. The fourth-order valence-corrected chi connectivity index (χ4v) is 5.08. The lowest BCUT2D eigenvalue weighted by Crippen LogP contribution is -2.48. The zero-order valence-electron chi connectivity index (χ0n) is 16.3. The first-order valence-electron chi connectivity index (χ1n) is 9.71. The molecule has 2 amide bonds. The summed E-state index contributed by atoms with van der Waals surface area (Å²) in [4.78, 5) is 35.7. The van der Waals surface area contributed by atoms with E-state index in [1.165, 1.54) is 17.8 Å². The average Bonchev–Trinajstić information content (AvgIpc) is 3.26. The molecular formula is C22H19FN4O2S. The minimum absolute atomic E-state index is 0.187. The molecule has 0 aliphatic carbocycles. The largest absolute Gasteiger partial charge is 0.366 e. The first kappa shape index (κ1) is 18.9. The standard InChI is InChI=1S/C22H19FN4O2S/c1-25-16-8-4-2-6-14(16)18(21(25)29)19-20(28)24-22(30-19)27-12-10-26(11-13-27)17-9-5-3-7-15(17)23/h2-9H,10-13H2,1H3. The summed E-state index contributed by atoms with van der Waals surface area (Å²) >= 11 is 1.26. The van der Waals surface area contributed by atoms with Gasteiger partial charge in [-0.05, 0) is 30.0 Å². The van der Waals surface area contributed by atoms with Crippen LogP contribution in [0.15, 0.2) is 58.4 Å². The smallest absolute Gasteiger partial charge is 0.287 e. The van der Waals surface area contributed by atoms with Crippen LogP contribution in [-0.4, -0.2) is 55.1 Å². The van der Waals surface area contributed by atoms with Crippen LogP contribution in [0.3, 0.4) is 0 Å². The Bertz CT molecular complexity index is 1120. The molecule has 0 saturated carbocycles. The highest BCUT2D eigenvalue weighted by Crippen LogP contribution is 2.43. The van der Waals surface area contributed by atoms with Gasteiger partial charge in [0.2, 0.25) is 0 Å². The third kappa shape index (κ3) is 2.99. The first-order chi connectivity index (χ1) is 14.5. The van der Waals surface area contributed by atoms with Crippen LogP contribution in [0.5, 0.6) is 0 Å². The van der Waals surface area contributed by atoms with Crippen LogP contribution in [0.2, 0.25) is 0 Å². The molecule has 5 rings (SSSR count). The molecule has 6 nitrogen and oxygen atoms in total. The van der Waals surface area contributed by atoms with Gasteiger partial charge in [0.25, 0.3) is 11.8 Å². The number of halogens is 1. The van der Waals surface area contributed by atoms with Crippen molar-refractivity contribution in [2.75, 3.05) is 43.0 Å². The quantitative estimate of drug-likeness (QED) is 0.662. The second kappa shape index (κ2) is 7.28. The van der Waals surface area contributed by atoms with Crippen molar-refractivity contribution < 1.29 is 14.0 Å². The van der Waals surface area contributed by atoms with Crippen LogP contribution in [0, 0.1) is 5.82 Å². The number of fused-ring (bicyclic) bond motifs is 1. The highest BCUT2D eigenvalue weighted by molar-refractivity contribution is 8.18. The summed E-state index contributed by atoms with van der Waals surface area (Å²) < 4.78 is 14.1. The van der Waals surface area contributed by atoms with E-state index in [1.807, 2.05) is 40.1 Å². The van der Waals surface area contributed by atoms with E-state index >= 15 is 0 Å². The SMILES string of the molecule is CN1C(=O)C(=C2SC(N3CCN(c4ccccc4F)CC3)=NC2=O)c2ccccc21. The van der Waals surface area contributed by atoms with E-state index in [2.05, 4.69) is 4.99 Å². The molecule has 0 aromatic heterocycles. The lowest BCUT2D eigenvalue weighted by atomic mass is 10.1. The molecular weight excluding hydrogens is 403 g/mol. The molecule has 1 fully saturated rings. The molecule has 2 aromatic rings. The predicted molar refractivity (Wildman–Crippen MR) is 117 cm³/mol. The van der Waals surface area contributed by atoms with Crippen molar-refractivity contribution >= 4 is 45.7 Å². The van der Waals surface area contributed by atoms with Crippen LogP contribution in [0.25, 0.3) is 5.57 Å². The summed E-state index contributed by atoms with van der Waals surface area (Å²) in [5, 5.41) is 0.607. The second-order valence-electron chi connectivity index (χ2n) is 7.31. The van der Waals surface area contributed by atoms with E-state index < -0.39 is 0 Å². The van der Waals surface area contributed by atoms with Gasteiger partial charge in [-0.25, -0.2) is 4.39 Å². The van der Waals surface area contributed by atoms with Crippen LogP contribution >= 0.6 is 11.8 Å². The molecule has 0 radical (unpaired) electrons. The molecule has 0 spiro atoms. The number of anilines is 2. The number of amides is 2. The van der Waals surface area contributed by atoms with Crippen molar-refractivity contribution in [2.24, 2.45) is 4.99 Å². The Kier molecular flexibility index (Phi) is 4.58. The van der Waals surface area contributed by atoms with Crippen molar-refractivity contribution in [1.82, 2.24) is 4.90 Å². The van der Waals surface area contributed by atoms with Gasteiger partial charge in [-0.2, -0.15) is 4.99 Å². The second-order valence-corrected chi connectivity index (χ2v) is 8.29. The van der Waals surface area contributed by atoms with Gasteiger partial charge in [0.05, 0.1) is 21.9 Å². The highest BCUT2D eigenvalue weighted by Gasteiger charge is 2.38. The van der Waals surface area contributed by atoms with E-state index in [9.17, 15) is 14.0 Å². The Hall–Kier alpha value is -3.13. The van der Waals surface area contributed by atoms with Gasteiger partial charge in [-0.15, -0.1) is 0 Å². The van der Waals surface area contributed by atoms with E-state index in [0.29, 0.717) is 47.5 Å². The lowest BCUT2D eigenvalue weighted by Gasteiger charge is -2.36. The zero-order chi connectivity index (χ0) is 20.8. The van der Waals surface area contributed by atoms with Gasteiger partial charge in [0.1, 0.15) is 5.82 Å². The van der Waals surface area contributed by atoms with Crippen molar-refractivity contribution in [1.29, 1.82) is 0 Å². The van der Waals surface area contributed by atoms with Crippen molar-refractivity contribution in [2.45, 2.75) is 0 Å². The van der Waals surface area contributed by atoms with Gasteiger partial charge < -0.3 is 14.7 Å². The predicted octanol–water partition coefficient (Wildman–Crippen LogP) is 2.96. The fourth-order valence-electron chi connectivity index (χ4n) is 4.02. The Balaban J connectivity index is 1.35. The number of hydrogen-bond donors (Lipinski definition) is 0. The van der Waals surface area contributed by atoms with Crippen molar-refractivity contribution in [3.63, 3.8) is 0 Å². The fraction of sp³-hybridized carbons (Fsp3) is 0.227. The number of carbonyl (C=O) groups excluding carboxylic acids is 2. The molecule has 1 saturated heterocycles. The molecule has 3 heterocycles. The van der Waals surface area contributed by atoms with Crippen LogP contribution in [-0.2, 0) is 9.59 Å². The number of piperazine rings is 1. The molecule has 0 N–H and O–H groups in total. The lowest BCUT2D eigenvalue weighted by molar-refractivity contribution is -0.115. The number of aliphatic imine (C=N–C) groups is 1.